The molecule has 2 saturated heterocycles. The fourth-order valence-corrected chi connectivity index (χ4v) is 5.01. The molecule has 0 saturated carbocycles. The highest BCUT2D eigenvalue weighted by Crippen LogP contribution is 2.33. The third-order valence-corrected chi connectivity index (χ3v) is 7.11. The second kappa shape index (κ2) is 11.0. The zero-order chi connectivity index (χ0) is 24.9. The molecule has 0 aromatic heterocycles. The number of amides is 2. The van der Waals surface area contributed by atoms with Crippen LogP contribution >= 0.6 is 11.8 Å². The molecule has 3 aromatic rings. The van der Waals surface area contributed by atoms with Gasteiger partial charge in [0.25, 0.3) is 11.1 Å². The number of thioether (sulfide) groups is 1. The molecule has 8 heteroatoms. The molecule has 6 nitrogen and oxygen atoms in total. The van der Waals surface area contributed by atoms with Gasteiger partial charge < -0.3 is 9.64 Å². The van der Waals surface area contributed by atoms with E-state index in [9.17, 15) is 14.0 Å². The van der Waals surface area contributed by atoms with Gasteiger partial charge in [0.2, 0.25) is 0 Å². The van der Waals surface area contributed by atoms with Gasteiger partial charge in [-0.3, -0.25) is 19.4 Å². The van der Waals surface area contributed by atoms with Crippen molar-refractivity contribution in [3.05, 3.63) is 101 Å². The first-order valence-corrected chi connectivity index (χ1v) is 12.6. The van der Waals surface area contributed by atoms with Crippen molar-refractivity contribution in [1.29, 1.82) is 0 Å². The minimum atomic E-state index is -0.268. The average molecular weight is 504 g/mol. The lowest BCUT2D eigenvalue weighted by atomic mass is 10.2. The van der Waals surface area contributed by atoms with Gasteiger partial charge in [0.15, 0.2) is 0 Å². The Morgan fingerprint density at radius 1 is 0.861 bits per heavy atom. The first-order chi connectivity index (χ1) is 17.5. The number of carbonyl (C=O) groups excluding carboxylic acids is 2. The molecule has 2 aliphatic rings. The molecule has 36 heavy (non-hydrogen) atoms. The van der Waals surface area contributed by atoms with Crippen molar-refractivity contribution in [3.8, 4) is 5.75 Å². The van der Waals surface area contributed by atoms with E-state index in [2.05, 4.69) is 9.80 Å². The molecule has 3 aromatic carbocycles. The number of halogens is 1. The van der Waals surface area contributed by atoms with Gasteiger partial charge in [0.1, 0.15) is 18.2 Å². The summed E-state index contributed by atoms with van der Waals surface area (Å²) in [4.78, 5) is 31.5. The van der Waals surface area contributed by atoms with Gasteiger partial charge >= 0.3 is 0 Å². The van der Waals surface area contributed by atoms with E-state index < -0.39 is 0 Å². The molecular weight excluding hydrogens is 477 g/mol. The predicted octanol–water partition coefficient (Wildman–Crippen LogP) is 5.22. The molecule has 0 atom stereocenters. The molecule has 2 heterocycles. The standard InChI is InChI=1S/C28H26FN3O3S/c29-23-8-10-24(11-9-23)31-16-14-30(15-17-31)20-32-27(33)26(36-28(32)34)18-21-6-12-25(13-7-21)35-19-22-4-2-1-3-5-22/h1-13,18H,14-17,19-20H2/b26-18-. The van der Waals surface area contributed by atoms with E-state index in [1.54, 1.807) is 18.2 Å². The van der Waals surface area contributed by atoms with E-state index in [4.69, 9.17) is 4.74 Å². The summed E-state index contributed by atoms with van der Waals surface area (Å²) in [5.74, 6) is 0.219. The Bertz CT molecular complexity index is 1240. The van der Waals surface area contributed by atoms with Crippen molar-refractivity contribution in [1.82, 2.24) is 9.80 Å². The van der Waals surface area contributed by atoms with Gasteiger partial charge in [-0.05, 0) is 65.4 Å². The number of hydrogen-bond donors (Lipinski definition) is 0. The molecule has 2 fully saturated rings. The maximum absolute atomic E-state index is 13.2. The Morgan fingerprint density at radius 2 is 1.56 bits per heavy atom. The van der Waals surface area contributed by atoms with Crippen LogP contribution in [-0.2, 0) is 11.4 Å². The van der Waals surface area contributed by atoms with Gasteiger partial charge in [-0.15, -0.1) is 0 Å². The fraction of sp³-hybridized carbons (Fsp3) is 0.214. The molecular formula is C28H26FN3O3S. The molecule has 0 N–H and O–H groups in total. The first kappa shape index (κ1) is 24.1. The third kappa shape index (κ3) is 5.78. The van der Waals surface area contributed by atoms with E-state index in [1.165, 1.54) is 17.0 Å². The molecule has 2 amide bonds. The van der Waals surface area contributed by atoms with E-state index in [-0.39, 0.29) is 23.6 Å². The molecule has 5 rings (SSSR count). The maximum Gasteiger partial charge on any atom is 0.294 e. The lowest BCUT2D eigenvalue weighted by molar-refractivity contribution is -0.124. The fourth-order valence-electron chi connectivity index (χ4n) is 4.17. The minimum absolute atomic E-state index is 0.253. The highest BCUT2D eigenvalue weighted by molar-refractivity contribution is 8.18. The number of imide groups is 1. The SMILES string of the molecule is O=C1S/C(=C\c2ccc(OCc3ccccc3)cc2)C(=O)N1CN1CCN(c2ccc(F)cc2)CC1. The highest BCUT2D eigenvalue weighted by Gasteiger charge is 2.36. The summed E-state index contributed by atoms with van der Waals surface area (Å²) in [7, 11) is 0. The third-order valence-electron chi connectivity index (χ3n) is 6.21. The minimum Gasteiger partial charge on any atom is -0.489 e. The Kier molecular flexibility index (Phi) is 7.34. The van der Waals surface area contributed by atoms with Crippen molar-refractivity contribution in [2.24, 2.45) is 0 Å². The van der Waals surface area contributed by atoms with Crippen LogP contribution in [0.3, 0.4) is 0 Å². The van der Waals surface area contributed by atoms with Crippen molar-refractivity contribution in [2.75, 3.05) is 37.7 Å². The summed E-state index contributed by atoms with van der Waals surface area (Å²) in [5.41, 5.74) is 2.90. The normalized spacial score (nSPS) is 17.8. The van der Waals surface area contributed by atoms with Crippen LogP contribution in [0.2, 0.25) is 0 Å². The van der Waals surface area contributed by atoms with E-state index in [0.29, 0.717) is 24.6 Å². The number of hydrogen-bond acceptors (Lipinski definition) is 6. The van der Waals surface area contributed by atoms with Crippen molar-refractivity contribution in [3.63, 3.8) is 0 Å². The monoisotopic (exact) mass is 503 g/mol. The summed E-state index contributed by atoms with van der Waals surface area (Å²) in [6.07, 6.45) is 1.75. The number of benzene rings is 3. The predicted molar refractivity (Wildman–Crippen MR) is 140 cm³/mol. The molecule has 2 aliphatic heterocycles. The largest absolute Gasteiger partial charge is 0.489 e. The molecule has 0 radical (unpaired) electrons. The summed E-state index contributed by atoms with van der Waals surface area (Å²) < 4.78 is 19.0. The molecule has 0 spiro atoms. The Labute approximate surface area is 213 Å². The van der Waals surface area contributed by atoms with Crippen LogP contribution in [-0.4, -0.2) is 53.8 Å². The average Bonchev–Trinajstić information content (AvgIpc) is 3.17. The van der Waals surface area contributed by atoms with Gasteiger partial charge in [0.05, 0.1) is 11.6 Å². The van der Waals surface area contributed by atoms with Gasteiger partial charge in [0, 0.05) is 31.9 Å². The van der Waals surface area contributed by atoms with Crippen LogP contribution in [0.4, 0.5) is 14.9 Å². The van der Waals surface area contributed by atoms with E-state index in [0.717, 1.165) is 47.4 Å². The van der Waals surface area contributed by atoms with Crippen LogP contribution in [0, 0.1) is 5.82 Å². The van der Waals surface area contributed by atoms with E-state index >= 15 is 0 Å². The van der Waals surface area contributed by atoms with Gasteiger partial charge in [-0.2, -0.15) is 0 Å². The second-order valence-corrected chi connectivity index (χ2v) is 9.67. The molecule has 0 aliphatic carbocycles. The zero-order valence-electron chi connectivity index (χ0n) is 19.7. The molecule has 0 unspecified atom stereocenters. The topological polar surface area (TPSA) is 53.1 Å². The van der Waals surface area contributed by atoms with Gasteiger partial charge in [-0.1, -0.05) is 42.5 Å². The Hall–Kier alpha value is -3.62. The van der Waals surface area contributed by atoms with Crippen LogP contribution < -0.4 is 9.64 Å². The zero-order valence-corrected chi connectivity index (χ0v) is 20.5. The lowest BCUT2D eigenvalue weighted by Crippen LogP contribution is -2.50. The quantitative estimate of drug-likeness (QED) is 0.412. The van der Waals surface area contributed by atoms with Crippen molar-refractivity contribution >= 4 is 34.7 Å². The summed E-state index contributed by atoms with van der Waals surface area (Å²) in [6, 6.07) is 23.9. The number of nitrogens with zero attached hydrogens (tertiary/aromatic N) is 3. The van der Waals surface area contributed by atoms with Crippen LogP contribution in [0.5, 0.6) is 5.75 Å². The number of ether oxygens (including phenoxy) is 1. The van der Waals surface area contributed by atoms with E-state index in [1.807, 2.05) is 54.6 Å². The molecule has 0 bridgehead atoms. The number of piperazine rings is 1. The van der Waals surface area contributed by atoms with Crippen LogP contribution in [0.15, 0.2) is 83.8 Å². The summed E-state index contributed by atoms with van der Waals surface area (Å²) in [6.45, 7) is 3.67. The number of anilines is 1. The smallest absolute Gasteiger partial charge is 0.294 e. The highest BCUT2D eigenvalue weighted by atomic mass is 32.2. The summed E-state index contributed by atoms with van der Waals surface area (Å²) in [5, 5.41) is -0.255. The Balaban J connectivity index is 1.15. The lowest BCUT2D eigenvalue weighted by Gasteiger charge is -2.37. The first-order valence-electron chi connectivity index (χ1n) is 11.8. The maximum atomic E-state index is 13.2. The van der Waals surface area contributed by atoms with Gasteiger partial charge in [-0.25, -0.2) is 4.39 Å². The summed E-state index contributed by atoms with van der Waals surface area (Å²) >= 11 is 0.970. The number of rotatable bonds is 7. The van der Waals surface area contributed by atoms with Crippen molar-refractivity contribution < 1.29 is 18.7 Å². The second-order valence-electron chi connectivity index (χ2n) is 8.68. The van der Waals surface area contributed by atoms with Crippen LogP contribution in [0.25, 0.3) is 6.08 Å². The Morgan fingerprint density at radius 3 is 2.25 bits per heavy atom. The van der Waals surface area contributed by atoms with Crippen molar-refractivity contribution in [2.45, 2.75) is 6.61 Å². The molecule has 184 valence electrons. The van der Waals surface area contributed by atoms with Crippen LogP contribution in [0.1, 0.15) is 11.1 Å². The number of carbonyl (C=O) groups is 2.